The summed E-state index contributed by atoms with van der Waals surface area (Å²) in [5, 5.41) is 1.16. The second-order valence-corrected chi connectivity index (χ2v) is 9.39. The Morgan fingerprint density at radius 2 is 1.78 bits per heavy atom. The molecule has 2 aliphatic rings. The number of pyridine rings is 1. The molecule has 2 heterocycles. The predicted molar refractivity (Wildman–Crippen MR) is 131 cm³/mol. The average molecular weight is 449 g/mol. The zero-order valence-electron chi connectivity index (χ0n) is 18.2. The van der Waals surface area contributed by atoms with E-state index in [1.54, 1.807) is 6.07 Å². The molecule has 0 bridgehead atoms. The molecule has 32 heavy (non-hydrogen) atoms. The van der Waals surface area contributed by atoms with Crippen LogP contribution in [0.25, 0.3) is 10.9 Å². The van der Waals surface area contributed by atoms with Gasteiger partial charge >= 0.3 is 0 Å². The normalized spacial score (nSPS) is 20.0. The van der Waals surface area contributed by atoms with Gasteiger partial charge in [-0.25, -0.2) is 4.98 Å². The first kappa shape index (κ1) is 21.2. The van der Waals surface area contributed by atoms with Crippen molar-refractivity contribution >= 4 is 39.8 Å². The number of aromatic nitrogens is 1. The molecule has 1 amide bonds. The summed E-state index contributed by atoms with van der Waals surface area (Å²) in [5.41, 5.74) is 8.83. The Balaban J connectivity index is 1.51. The first-order valence-corrected chi connectivity index (χ1v) is 12.0. The van der Waals surface area contributed by atoms with E-state index in [1.807, 2.05) is 53.4 Å². The van der Waals surface area contributed by atoms with Crippen LogP contribution in [0.5, 0.6) is 0 Å². The molecule has 1 saturated carbocycles. The third kappa shape index (κ3) is 4.19. The number of likely N-dealkylation sites (tertiary alicyclic amines) is 1. The molecule has 6 heteroatoms. The lowest BCUT2D eigenvalue weighted by molar-refractivity contribution is 0.0976. The third-order valence-electron chi connectivity index (χ3n) is 6.96. The fourth-order valence-electron chi connectivity index (χ4n) is 5.34. The van der Waals surface area contributed by atoms with Crippen molar-refractivity contribution in [3.8, 4) is 0 Å². The van der Waals surface area contributed by atoms with E-state index in [0.29, 0.717) is 22.4 Å². The zero-order chi connectivity index (χ0) is 22.1. The van der Waals surface area contributed by atoms with E-state index in [2.05, 4.69) is 9.88 Å². The molecular formula is C26H29ClN4O. The maximum Gasteiger partial charge on any atom is 0.259 e. The summed E-state index contributed by atoms with van der Waals surface area (Å²) in [5.74, 6) is -0.0363. The standard InChI is InChI=1S/C26H29ClN4O/c27-25-16-23(22-8-4-5-9-24(22)29-25)26(32)31(20-12-10-18(28)11-13-20)21-14-15-30(17-21)19-6-2-1-3-7-19/h4-5,8-13,16,19,21H,1-3,6-7,14-15,17,28H2. The number of fused-ring (bicyclic) bond motifs is 1. The average Bonchev–Trinajstić information content (AvgIpc) is 3.30. The highest BCUT2D eigenvalue weighted by Crippen LogP contribution is 2.32. The van der Waals surface area contributed by atoms with E-state index in [9.17, 15) is 4.79 Å². The van der Waals surface area contributed by atoms with Crippen LogP contribution in [0.15, 0.2) is 54.6 Å². The van der Waals surface area contributed by atoms with Crippen molar-refractivity contribution in [2.24, 2.45) is 0 Å². The first-order chi connectivity index (χ1) is 15.6. The summed E-state index contributed by atoms with van der Waals surface area (Å²) in [6.45, 7) is 1.93. The SMILES string of the molecule is Nc1ccc(N(C(=O)c2cc(Cl)nc3ccccc23)C2CCN(C3CCCCC3)C2)cc1. The summed E-state index contributed by atoms with van der Waals surface area (Å²) in [7, 11) is 0. The van der Waals surface area contributed by atoms with Crippen LogP contribution in [-0.4, -0.2) is 41.0 Å². The fraction of sp³-hybridized carbons (Fsp3) is 0.385. The van der Waals surface area contributed by atoms with E-state index in [0.717, 1.165) is 36.1 Å². The second kappa shape index (κ2) is 9.08. The molecule has 1 aliphatic heterocycles. The van der Waals surface area contributed by atoms with Crippen LogP contribution in [0.2, 0.25) is 5.15 Å². The molecule has 0 spiro atoms. The van der Waals surface area contributed by atoms with Crippen LogP contribution < -0.4 is 10.6 Å². The summed E-state index contributed by atoms with van der Waals surface area (Å²) in [6, 6.07) is 17.8. The highest BCUT2D eigenvalue weighted by molar-refractivity contribution is 6.30. The first-order valence-electron chi connectivity index (χ1n) is 11.6. The van der Waals surface area contributed by atoms with Gasteiger partial charge in [-0.1, -0.05) is 49.1 Å². The minimum Gasteiger partial charge on any atom is -0.399 e. The Morgan fingerprint density at radius 3 is 2.56 bits per heavy atom. The van der Waals surface area contributed by atoms with Crippen molar-refractivity contribution in [3.63, 3.8) is 0 Å². The lowest BCUT2D eigenvalue weighted by atomic mass is 9.94. The molecule has 3 aromatic rings. The van der Waals surface area contributed by atoms with Crippen LogP contribution in [-0.2, 0) is 0 Å². The number of halogens is 1. The van der Waals surface area contributed by atoms with E-state index in [4.69, 9.17) is 17.3 Å². The van der Waals surface area contributed by atoms with Crippen molar-refractivity contribution in [1.29, 1.82) is 0 Å². The number of nitrogen functional groups attached to an aromatic ring is 1. The van der Waals surface area contributed by atoms with E-state index in [-0.39, 0.29) is 11.9 Å². The molecule has 1 aliphatic carbocycles. The predicted octanol–water partition coefficient (Wildman–Crippen LogP) is 5.52. The van der Waals surface area contributed by atoms with E-state index >= 15 is 0 Å². The number of benzene rings is 2. The number of anilines is 2. The van der Waals surface area contributed by atoms with E-state index in [1.165, 1.54) is 32.1 Å². The van der Waals surface area contributed by atoms with Crippen LogP contribution >= 0.6 is 11.6 Å². The topological polar surface area (TPSA) is 62.5 Å². The summed E-state index contributed by atoms with van der Waals surface area (Å²) in [6.07, 6.45) is 7.48. The van der Waals surface area contributed by atoms with Crippen LogP contribution in [0.4, 0.5) is 11.4 Å². The van der Waals surface area contributed by atoms with Gasteiger partial charge in [-0.2, -0.15) is 0 Å². The van der Waals surface area contributed by atoms with Gasteiger partial charge < -0.3 is 10.6 Å². The van der Waals surface area contributed by atoms with Crippen molar-refractivity contribution in [3.05, 3.63) is 65.3 Å². The second-order valence-electron chi connectivity index (χ2n) is 9.01. The molecule has 1 atom stereocenters. The Hall–Kier alpha value is -2.63. The van der Waals surface area contributed by atoms with Gasteiger partial charge in [-0.15, -0.1) is 0 Å². The minimum atomic E-state index is -0.0363. The lowest BCUT2D eigenvalue weighted by Gasteiger charge is -2.33. The number of nitrogens with two attached hydrogens (primary N) is 1. The summed E-state index contributed by atoms with van der Waals surface area (Å²) in [4.78, 5) is 23.0. The van der Waals surface area contributed by atoms with Crippen molar-refractivity contribution < 1.29 is 4.79 Å². The van der Waals surface area contributed by atoms with Crippen molar-refractivity contribution in [2.45, 2.75) is 50.6 Å². The number of amides is 1. The molecular weight excluding hydrogens is 420 g/mol. The Morgan fingerprint density at radius 1 is 1.03 bits per heavy atom. The number of nitrogens with zero attached hydrogens (tertiary/aromatic N) is 3. The van der Waals surface area contributed by atoms with Crippen LogP contribution in [0.1, 0.15) is 48.9 Å². The zero-order valence-corrected chi connectivity index (χ0v) is 19.0. The van der Waals surface area contributed by atoms with Gasteiger partial charge in [0.25, 0.3) is 5.91 Å². The lowest BCUT2D eigenvalue weighted by Crippen LogP contribution is -2.44. The number of rotatable bonds is 4. The highest BCUT2D eigenvalue weighted by atomic mass is 35.5. The van der Waals surface area contributed by atoms with Gasteiger partial charge in [-0.3, -0.25) is 9.69 Å². The molecule has 2 N–H and O–H groups in total. The van der Waals surface area contributed by atoms with Crippen LogP contribution in [0, 0.1) is 0 Å². The molecule has 2 fully saturated rings. The molecule has 2 aromatic carbocycles. The molecule has 1 aromatic heterocycles. The molecule has 1 saturated heterocycles. The molecule has 5 nitrogen and oxygen atoms in total. The van der Waals surface area contributed by atoms with Gasteiger partial charge in [0.15, 0.2) is 0 Å². The van der Waals surface area contributed by atoms with Gasteiger partial charge in [0, 0.05) is 35.9 Å². The monoisotopic (exact) mass is 448 g/mol. The molecule has 5 rings (SSSR count). The molecule has 0 radical (unpaired) electrons. The fourth-order valence-corrected chi connectivity index (χ4v) is 5.54. The summed E-state index contributed by atoms with van der Waals surface area (Å²) >= 11 is 6.32. The minimum absolute atomic E-state index is 0.0363. The Kier molecular flexibility index (Phi) is 6.03. The Bertz CT molecular complexity index is 1110. The van der Waals surface area contributed by atoms with Gasteiger partial charge in [0.1, 0.15) is 5.15 Å². The third-order valence-corrected chi connectivity index (χ3v) is 7.15. The highest BCUT2D eigenvalue weighted by Gasteiger charge is 2.36. The molecule has 1 unspecified atom stereocenters. The largest absolute Gasteiger partial charge is 0.399 e. The Labute approximate surface area is 194 Å². The molecule has 166 valence electrons. The van der Waals surface area contributed by atoms with Crippen LogP contribution in [0.3, 0.4) is 0 Å². The maximum absolute atomic E-state index is 14.1. The van der Waals surface area contributed by atoms with Gasteiger partial charge in [0.05, 0.1) is 17.1 Å². The number of hydrogen-bond donors (Lipinski definition) is 1. The summed E-state index contributed by atoms with van der Waals surface area (Å²) < 4.78 is 0. The van der Waals surface area contributed by atoms with E-state index < -0.39 is 0 Å². The number of hydrogen-bond acceptors (Lipinski definition) is 4. The smallest absolute Gasteiger partial charge is 0.259 e. The maximum atomic E-state index is 14.1. The van der Waals surface area contributed by atoms with Crippen molar-refractivity contribution in [1.82, 2.24) is 9.88 Å². The van der Waals surface area contributed by atoms with Crippen molar-refractivity contribution in [2.75, 3.05) is 23.7 Å². The number of carbonyl (C=O) groups is 1. The van der Waals surface area contributed by atoms with Gasteiger partial charge in [0.2, 0.25) is 0 Å². The van der Waals surface area contributed by atoms with Gasteiger partial charge in [-0.05, 0) is 55.7 Å². The number of carbonyl (C=O) groups excluding carboxylic acids is 1. The quantitative estimate of drug-likeness (QED) is 0.421. The number of para-hydroxylation sites is 1.